The molecule has 1 spiro atoms. The number of hydrogen-bond donors (Lipinski definition) is 1. The van der Waals surface area contributed by atoms with E-state index in [0.29, 0.717) is 6.04 Å². The average molecular weight is 350 g/mol. The van der Waals surface area contributed by atoms with Crippen LogP contribution in [-0.4, -0.2) is 41.7 Å². The summed E-state index contributed by atoms with van der Waals surface area (Å²) in [7, 11) is 0. The normalized spacial score (nSPS) is 29.3. The first-order valence-electron chi connectivity index (χ1n) is 9.25. The monoisotopic (exact) mass is 349 g/mol. The van der Waals surface area contributed by atoms with E-state index >= 15 is 0 Å². The van der Waals surface area contributed by atoms with Gasteiger partial charge in [-0.3, -0.25) is 0 Å². The number of carbonyl (C=O) groups is 1. The molecule has 1 aromatic heterocycles. The van der Waals surface area contributed by atoms with Gasteiger partial charge in [0.1, 0.15) is 0 Å². The summed E-state index contributed by atoms with van der Waals surface area (Å²) in [5.74, 6) is 0. The van der Waals surface area contributed by atoms with Crippen molar-refractivity contribution >= 4 is 17.4 Å². The summed E-state index contributed by atoms with van der Waals surface area (Å²) in [5, 5.41) is 6.59. The number of hydrogen-bond acceptors (Lipinski definition) is 4. The molecular weight excluding hydrogens is 322 g/mol. The van der Waals surface area contributed by atoms with Crippen molar-refractivity contribution in [3.8, 4) is 0 Å². The van der Waals surface area contributed by atoms with E-state index < -0.39 is 0 Å². The van der Waals surface area contributed by atoms with Gasteiger partial charge in [0, 0.05) is 31.2 Å². The molecule has 4 rings (SSSR count). The van der Waals surface area contributed by atoms with E-state index in [4.69, 9.17) is 4.74 Å². The Labute approximate surface area is 147 Å². The number of amides is 2. The van der Waals surface area contributed by atoms with Gasteiger partial charge in [-0.15, -0.1) is 11.3 Å². The third kappa shape index (κ3) is 2.94. The molecule has 0 aromatic carbocycles. The smallest absolute Gasteiger partial charge is 0.318 e. The van der Waals surface area contributed by atoms with Crippen molar-refractivity contribution in [2.75, 3.05) is 19.8 Å². The molecule has 2 atom stereocenters. The lowest BCUT2D eigenvalue weighted by Gasteiger charge is -2.40. The van der Waals surface area contributed by atoms with Crippen molar-refractivity contribution in [1.82, 2.24) is 15.2 Å². The maximum Gasteiger partial charge on any atom is 0.318 e. The number of nitrogens with zero attached hydrogens (tertiary/aromatic N) is 2. The SMILES string of the molecule is Cc1nc(C2CCCN2C(=O)NC2CCCC23CCOCC3)cs1. The number of likely N-dealkylation sites (tertiary alicyclic amines) is 1. The Morgan fingerprint density at radius 2 is 2.17 bits per heavy atom. The highest BCUT2D eigenvalue weighted by atomic mass is 32.1. The van der Waals surface area contributed by atoms with Gasteiger partial charge in [-0.2, -0.15) is 0 Å². The summed E-state index contributed by atoms with van der Waals surface area (Å²) in [6.45, 7) is 4.56. The summed E-state index contributed by atoms with van der Waals surface area (Å²) >= 11 is 1.67. The van der Waals surface area contributed by atoms with Gasteiger partial charge in [0.15, 0.2) is 0 Å². The van der Waals surface area contributed by atoms with Gasteiger partial charge in [-0.25, -0.2) is 9.78 Å². The van der Waals surface area contributed by atoms with E-state index in [0.717, 1.165) is 62.6 Å². The molecule has 1 saturated carbocycles. The predicted octanol–water partition coefficient (Wildman–Crippen LogP) is 3.65. The fourth-order valence-corrected chi connectivity index (χ4v) is 5.48. The summed E-state index contributed by atoms with van der Waals surface area (Å²) in [6.07, 6.45) is 7.84. The van der Waals surface area contributed by atoms with Crippen LogP contribution in [0.25, 0.3) is 0 Å². The van der Waals surface area contributed by atoms with Crippen molar-refractivity contribution in [2.45, 2.75) is 64.0 Å². The fourth-order valence-electron chi connectivity index (χ4n) is 4.82. The first-order chi connectivity index (χ1) is 11.7. The number of carbonyl (C=O) groups excluding carboxylic acids is 1. The van der Waals surface area contributed by atoms with Crippen molar-refractivity contribution in [3.05, 3.63) is 16.1 Å². The molecule has 6 heteroatoms. The molecule has 3 aliphatic rings. The van der Waals surface area contributed by atoms with E-state index in [-0.39, 0.29) is 17.5 Å². The second-order valence-corrected chi connectivity index (χ2v) is 8.57. The van der Waals surface area contributed by atoms with Gasteiger partial charge in [-0.05, 0) is 50.9 Å². The number of ether oxygens (including phenoxy) is 1. The largest absolute Gasteiger partial charge is 0.381 e. The first-order valence-corrected chi connectivity index (χ1v) is 10.1. The fraction of sp³-hybridized carbons (Fsp3) is 0.778. The molecular formula is C18H27N3O2S. The molecule has 2 unspecified atom stereocenters. The number of rotatable bonds is 2. The van der Waals surface area contributed by atoms with Crippen LogP contribution in [0.5, 0.6) is 0 Å². The van der Waals surface area contributed by atoms with Crippen molar-refractivity contribution in [3.63, 3.8) is 0 Å². The van der Waals surface area contributed by atoms with Gasteiger partial charge in [0.25, 0.3) is 0 Å². The lowest BCUT2D eigenvalue weighted by atomic mass is 9.75. The quantitative estimate of drug-likeness (QED) is 0.887. The number of nitrogens with one attached hydrogen (secondary N) is 1. The average Bonchev–Trinajstić information content (AvgIpc) is 3.29. The minimum Gasteiger partial charge on any atom is -0.381 e. The van der Waals surface area contributed by atoms with Crippen LogP contribution in [-0.2, 0) is 4.74 Å². The summed E-state index contributed by atoms with van der Waals surface area (Å²) in [4.78, 5) is 19.6. The maximum absolute atomic E-state index is 13.0. The second kappa shape index (κ2) is 6.64. The van der Waals surface area contributed by atoms with E-state index in [9.17, 15) is 4.79 Å². The second-order valence-electron chi connectivity index (χ2n) is 7.51. The van der Waals surface area contributed by atoms with Crippen LogP contribution in [0.3, 0.4) is 0 Å². The molecule has 1 aliphatic carbocycles. The van der Waals surface area contributed by atoms with Crippen molar-refractivity contribution in [1.29, 1.82) is 0 Å². The van der Waals surface area contributed by atoms with E-state index in [1.165, 1.54) is 12.8 Å². The number of thiazole rings is 1. The molecule has 1 aromatic rings. The summed E-state index contributed by atoms with van der Waals surface area (Å²) in [5.41, 5.74) is 1.35. The zero-order chi connectivity index (χ0) is 16.6. The number of aryl methyl sites for hydroxylation is 1. The number of urea groups is 1. The van der Waals surface area contributed by atoms with Gasteiger partial charge in [0.05, 0.1) is 16.7 Å². The van der Waals surface area contributed by atoms with Gasteiger partial charge in [0.2, 0.25) is 0 Å². The minimum atomic E-state index is 0.112. The zero-order valence-electron chi connectivity index (χ0n) is 14.4. The van der Waals surface area contributed by atoms with Gasteiger partial charge < -0.3 is 15.0 Å². The van der Waals surface area contributed by atoms with E-state index in [2.05, 4.69) is 15.7 Å². The third-order valence-electron chi connectivity index (χ3n) is 6.18. The van der Waals surface area contributed by atoms with Crippen LogP contribution in [0.15, 0.2) is 5.38 Å². The van der Waals surface area contributed by atoms with Crippen LogP contribution in [0, 0.1) is 12.3 Å². The van der Waals surface area contributed by atoms with Crippen LogP contribution in [0.2, 0.25) is 0 Å². The van der Waals surface area contributed by atoms with Crippen LogP contribution in [0.1, 0.15) is 61.7 Å². The first kappa shape index (κ1) is 16.3. The Kier molecular flexibility index (Phi) is 4.52. The Balaban J connectivity index is 1.45. The van der Waals surface area contributed by atoms with Gasteiger partial charge >= 0.3 is 6.03 Å². The highest BCUT2D eigenvalue weighted by Gasteiger charge is 2.45. The molecule has 0 radical (unpaired) electrons. The van der Waals surface area contributed by atoms with E-state index in [1.54, 1.807) is 11.3 Å². The highest BCUT2D eigenvalue weighted by molar-refractivity contribution is 7.09. The Morgan fingerprint density at radius 1 is 1.33 bits per heavy atom. The Hall–Kier alpha value is -1.14. The standard InChI is InChI=1S/C18H27N3O2S/c1-13-19-14(12-24-13)15-4-3-9-21(15)17(22)20-16-5-2-6-18(16)7-10-23-11-8-18/h12,15-16H,2-11H2,1H3,(H,20,22). The molecule has 2 aliphatic heterocycles. The van der Waals surface area contributed by atoms with Crippen LogP contribution in [0.4, 0.5) is 4.79 Å². The number of aromatic nitrogens is 1. The zero-order valence-corrected chi connectivity index (χ0v) is 15.2. The topological polar surface area (TPSA) is 54.5 Å². The highest BCUT2D eigenvalue weighted by Crippen LogP contribution is 2.46. The molecule has 0 bridgehead atoms. The van der Waals surface area contributed by atoms with Crippen LogP contribution >= 0.6 is 11.3 Å². The van der Waals surface area contributed by atoms with Crippen LogP contribution < -0.4 is 5.32 Å². The lowest BCUT2D eigenvalue weighted by molar-refractivity contribution is 0.00535. The third-order valence-corrected chi connectivity index (χ3v) is 6.98. The molecule has 3 fully saturated rings. The molecule has 1 N–H and O–H groups in total. The summed E-state index contributed by atoms with van der Waals surface area (Å²) < 4.78 is 5.56. The summed E-state index contributed by atoms with van der Waals surface area (Å²) in [6, 6.07) is 0.579. The Morgan fingerprint density at radius 3 is 2.92 bits per heavy atom. The molecule has 5 nitrogen and oxygen atoms in total. The van der Waals surface area contributed by atoms with Gasteiger partial charge in [-0.1, -0.05) is 6.42 Å². The molecule has 2 amide bonds. The maximum atomic E-state index is 13.0. The predicted molar refractivity (Wildman–Crippen MR) is 94.2 cm³/mol. The lowest BCUT2D eigenvalue weighted by Crippen LogP contribution is -2.51. The minimum absolute atomic E-state index is 0.112. The van der Waals surface area contributed by atoms with E-state index in [1.807, 2.05) is 11.8 Å². The van der Waals surface area contributed by atoms with Crippen molar-refractivity contribution < 1.29 is 9.53 Å². The molecule has 24 heavy (non-hydrogen) atoms. The molecule has 3 heterocycles. The molecule has 132 valence electrons. The molecule has 2 saturated heterocycles. The Bertz CT molecular complexity index is 597. The van der Waals surface area contributed by atoms with Crippen molar-refractivity contribution in [2.24, 2.45) is 5.41 Å².